The molecule has 1 rings (SSSR count). The molecule has 0 spiro atoms. The Morgan fingerprint density at radius 2 is 2.27 bits per heavy atom. The van der Waals surface area contributed by atoms with Crippen LogP contribution in [-0.4, -0.2) is 16.4 Å². The Bertz CT molecular complexity index is 301. The van der Waals surface area contributed by atoms with Crippen LogP contribution in [0.2, 0.25) is 0 Å². The number of rotatable bonds is 6. The van der Waals surface area contributed by atoms with E-state index in [1.807, 2.05) is 0 Å². The molecule has 0 saturated carbocycles. The molecule has 0 aliphatic rings. The lowest BCUT2D eigenvalue weighted by atomic mass is 9.96. The van der Waals surface area contributed by atoms with E-state index in [-0.39, 0.29) is 5.54 Å². The fraction of sp³-hybridized carbons (Fsp3) is 0.727. The zero-order valence-corrected chi connectivity index (χ0v) is 11.2. The van der Waals surface area contributed by atoms with Gasteiger partial charge >= 0.3 is 0 Å². The first-order chi connectivity index (χ1) is 7.13. The molecule has 1 N–H and O–H groups in total. The fourth-order valence-electron chi connectivity index (χ4n) is 1.32. The van der Waals surface area contributed by atoms with Crippen molar-refractivity contribution in [3.63, 3.8) is 0 Å². The van der Waals surface area contributed by atoms with Gasteiger partial charge in [-0.25, -0.2) is 4.98 Å². The van der Waals surface area contributed by atoms with Gasteiger partial charge in [0.1, 0.15) is 0 Å². The zero-order valence-electron chi connectivity index (χ0n) is 9.64. The van der Waals surface area contributed by atoms with Gasteiger partial charge in [0.15, 0.2) is 5.13 Å². The summed E-state index contributed by atoms with van der Waals surface area (Å²) >= 11 is 7.48. The van der Waals surface area contributed by atoms with Gasteiger partial charge in [-0.3, -0.25) is 0 Å². The van der Waals surface area contributed by atoms with Crippen LogP contribution in [-0.2, 0) is 6.42 Å². The first kappa shape index (κ1) is 12.8. The number of nitrogens with zero attached hydrogens (tertiary/aromatic N) is 1. The second-order valence-electron chi connectivity index (χ2n) is 3.98. The molecule has 1 aromatic heterocycles. The summed E-state index contributed by atoms with van der Waals surface area (Å²) in [7, 11) is 0. The first-order valence-corrected chi connectivity index (χ1v) is 6.83. The largest absolute Gasteiger partial charge is 0.356 e. The number of thiazole rings is 1. The number of alkyl halides is 1. The Morgan fingerprint density at radius 3 is 2.73 bits per heavy atom. The Kier molecular flexibility index (Phi) is 4.87. The SMILES string of the molecule is CCc1csc(NC(C)(CC)CCCl)n1. The topological polar surface area (TPSA) is 24.9 Å². The van der Waals surface area contributed by atoms with Crippen molar-refractivity contribution in [1.82, 2.24) is 4.98 Å². The lowest BCUT2D eigenvalue weighted by Crippen LogP contribution is -2.34. The summed E-state index contributed by atoms with van der Waals surface area (Å²) < 4.78 is 0. The fourth-order valence-corrected chi connectivity index (χ4v) is 2.68. The van der Waals surface area contributed by atoms with Crippen molar-refractivity contribution in [1.29, 1.82) is 0 Å². The van der Waals surface area contributed by atoms with Crippen molar-refractivity contribution in [3.8, 4) is 0 Å². The van der Waals surface area contributed by atoms with Crippen LogP contribution in [0.5, 0.6) is 0 Å². The molecule has 0 amide bonds. The molecule has 4 heteroatoms. The molecule has 1 atom stereocenters. The molecular weight excluding hydrogens is 228 g/mol. The van der Waals surface area contributed by atoms with Gasteiger partial charge in [0.2, 0.25) is 0 Å². The maximum absolute atomic E-state index is 5.81. The van der Waals surface area contributed by atoms with Crippen LogP contribution in [0.4, 0.5) is 5.13 Å². The summed E-state index contributed by atoms with van der Waals surface area (Å²) in [6.45, 7) is 6.49. The van der Waals surface area contributed by atoms with Gasteiger partial charge in [0.25, 0.3) is 0 Å². The normalized spacial score (nSPS) is 14.9. The summed E-state index contributed by atoms with van der Waals surface area (Å²) in [6.07, 6.45) is 3.02. The first-order valence-electron chi connectivity index (χ1n) is 5.42. The average molecular weight is 247 g/mol. The van der Waals surface area contributed by atoms with Crippen LogP contribution in [0, 0.1) is 0 Å². The summed E-state index contributed by atoms with van der Waals surface area (Å²) in [5.74, 6) is 0.684. The van der Waals surface area contributed by atoms with Crippen molar-refractivity contribution in [2.75, 3.05) is 11.2 Å². The predicted octanol–water partition coefficient (Wildman–Crippen LogP) is 3.92. The molecular formula is C11H19ClN2S. The molecule has 0 aliphatic carbocycles. The molecule has 0 aliphatic heterocycles. The lowest BCUT2D eigenvalue weighted by molar-refractivity contribution is 0.480. The number of aryl methyl sites for hydroxylation is 1. The third-order valence-corrected chi connectivity index (χ3v) is 3.74. The van der Waals surface area contributed by atoms with E-state index in [4.69, 9.17) is 11.6 Å². The van der Waals surface area contributed by atoms with Crippen LogP contribution in [0.3, 0.4) is 0 Å². The van der Waals surface area contributed by atoms with Crippen LogP contribution >= 0.6 is 22.9 Å². The highest BCUT2D eigenvalue weighted by Gasteiger charge is 2.21. The Morgan fingerprint density at radius 1 is 1.53 bits per heavy atom. The van der Waals surface area contributed by atoms with E-state index in [1.165, 1.54) is 0 Å². The van der Waals surface area contributed by atoms with Crippen molar-refractivity contribution in [2.24, 2.45) is 0 Å². The highest BCUT2D eigenvalue weighted by atomic mass is 35.5. The molecule has 1 unspecified atom stereocenters. The quantitative estimate of drug-likeness (QED) is 0.770. The Balaban J connectivity index is 2.65. The van der Waals surface area contributed by atoms with E-state index in [1.54, 1.807) is 11.3 Å². The van der Waals surface area contributed by atoms with E-state index in [0.29, 0.717) is 5.88 Å². The summed E-state index contributed by atoms with van der Waals surface area (Å²) in [6, 6.07) is 0. The monoisotopic (exact) mass is 246 g/mol. The summed E-state index contributed by atoms with van der Waals surface area (Å²) in [5.41, 5.74) is 1.23. The number of hydrogen-bond acceptors (Lipinski definition) is 3. The maximum Gasteiger partial charge on any atom is 0.183 e. The van der Waals surface area contributed by atoms with Crippen LogP contribution in [0.15, 0.2) is 5.38 Å². The molecule has 1 aromatic rings. The Labute approximate surface area is 101 Å². The minimum absolute atomic E-state index is 0.0740. The minimum Gasteiger partial charge on any atom is -0.356 e. The number of hydrogen-bond donors (Lipinski definition) is 1. The number of aromatic nitrogens is 1. The van der Waals surface area contributed by atoms with E-state index >= 15 is 0 Å². The number of halogens is 1. The highest BCUT2D eigenvalue weighted by molar-refractivity contribution is 7.13. The molecule has 15 heavy (non-hydrogen) atoms. The standard InChI is InChI=1S/C11H19ClN2S/c1-4-9-8-15-10(13-9)14-11(3,5-2)6-7-12/h8H,4-7H2,1-3H3,(H,13,14). The van der Waals surface area contributed by atoms with Crippen LogP contribution < -0.4 is 5.32 Å². The van der Waals surface area contributed by atoms with Gasteiger partial charge in [-0.05, 0) is 26.2 Å². The molecule has 0 saturated heterocycles. The highest BCUT2D eigenvalue weighted by Crippen LogP contribution is 2.25. The molecule has 0 bridgehead atoms. The van der Waals surface area contributed by atoms with Gasteiger partial charge in [-0.2, -0.15) is 0 Å². The summed E-state index contributed by atoms with van der Waals surface area (Å²) in [4.78, 5) is 4.51. The van der Waals surface area contributed by atoms with E-state index in [9.17, 15) is 0 Å². The van der Waals surface area contributed by atoms with E-state index in [2.05, 4.69) is 36.5 Å². The van der Waals surface area contributed by atoms with E-state index in [0.717, 1.165) is 30.1 Å². The number of anilines is 1. The molecule has 1 heterocycles. The van der Waals surface area contributed by atoms with Crippen molar-refractivity contribution in [3.05, 3.63) is 11.1 Å². The minimum atomic E-state index is 0.0740. The Hall–Kier alpha value is -0.280. The molecule has 0 radical (unpaired) electrons. The predicted molar refractivity (Wildman–Crippen MR) is 69.1 cm³/mol. The maximum atomic E-state index is 5.81. The van der Waals surface area contributed by atoms with Gasteiger partial charge in [-0.1, -0.05) is 13.8 Å². The van der Waals surface area contributed by atoms with Gasteiger partial charge in [0, 0.05) is 16.8 Å². The van der Waals surface area contributed by atoms with Crippen molar-refractivity contribution >= 4 is 28.1 Å². The molecule has 0 fully saturated rings. The smallest absolute Gasteiger partial charge is 0.183 e. The van der Waals surface area contributed by atoms with E-state index < -0.39 is 0 Å². The van der Waals surface area contributed by atoms with Crippen molar-refractivity contribution < 1.29 is 0 Å². The number of nitrogens with one attached hydrogen (secondary N) is 1. The van der Waals surface area contributed by atoms with Gasteiger partial charge < -0.3 is 5.32 Å². The molecule has 2 nitrogen and oxygen atoms in total. The van der Waals surface area contributed by atoms with Crippen molar-refractivity contribution in [2.45, 2.75) is 45.6 Å². The molecule has 0 aromatic carbocycles. The summed E-state index contributed by atoms with van der Waals surface area (Å²) in [5, 5.41) is 6.61. The zero-order chi connectivity index (χ0) is 11.3. The van der Waals surface area contributed by atoms with Gasteiger partial charge in [-0.15, -0.1) is 22.9 Å². The lowest BCUT2D eigenvalue weighted by Gasteiger charge is -2.28. The average Bonchev–Trinajstić information content (AvgIpc) is 2.66. The van der Waals surface area contributed by atoms with Gasteiger partial charge in [0.05, 0.1) is 5.69 Å². The van der Waals surface area contributed by atoms with Crippen LogP contribution in [0.1, 0.15) is 39.3 Å². The second kappa shape index (κ2) is 5.71. The third kappa shape index (κ3) is 3.65. The molecule has 86 valence electrons. The van der Waals surface area contributed by atoms with Crippen LogP contribution in [0.25, 0.3) is 0 Å². The third-order valence-electron chi connectivity index (χ3n) is 2.75. The second-order valence-corrected chi connectivity index (χ2v) is 5.21.